The Kier molecular flexibility index (Phi) is 7.61. The van der Waals surface area contributed by atoms with Crippen molar-refractivity contribution < 1.29 is 4.39 Å². The minimum atomic E-state index is -0.176. The van der Waals surface area contributed by atoms with Crippen molar-refractivity contribution in [2.24, 2.45) is 0 Å². The largest absolute Gasteiger partial charge is 0.373 e. The molecule has 1 aliphatic rings. The lowest BCUT2D eigenvalue weighted by Crippen LogP contribution is -2.45. The van der Waals surface area contributed by atoms with E-state index < -0.39 is 0 Å². The van der Waals surface area contributed by atoms with Gasteiger partial charge in [0.25, 0.3) is 0 Å². The molecule has 0 bridgehead atoms. The van der Waals surface area contributed by atoms with Crippen LogP contribution in [0.15, 0.2) is 49.2 Å². The second-order valence-electron chi connectivity index (χ2n) is 10.4. The summed E-state index contributed by atoms with van der Waals surface area (Å²) in [4.78, 5) is 4.76. The fraction of sp³-hybridized carbons (Fsp3) is 0.400. The topological polar surface area (TPSA) is 67.4 Å². The van der Waals surface area contributed by atoms with Crippen molar-refractivity contribution in [3.05, 3.63) is 88.9 Å². The van der Waals surface area contributed by atoms with Crippen molar-refractivity contribution in [1.29, 1.82) is 0 Å². The molecule has 1 saturated heterocycles. The zero-order valence-electron chi connectivity index (χ0n) is 23.4. The van der Waals surface area contributed by atoms with Crippen LogP contribution in [-0.4, -0.2) is 65.6 Å². The summed E-state index contributed by atoms with van der Waals surface area (Å²) in [7, 11) is 0. The molecule has 0 saturated carbocycles. The van der Waals surface area contributed by atoms with Crippen molar-refractivity contribution in [3.8, 4) is 5.82 Å². The third-order valence-corrected chi connectivity index (χ3v) is 7.79. The number of allylic oxidation sites excluding steroid dienone is 2. The molecule has 5 rings (SSSR count). The molecule has 0 aliphatic carbocycles. The molecule has 39 heavy (non-hydrogen) atoms. The van der Waals surface area contributed by atoms with E-state index in [2.05, 4.69) is 52.1 Å². The first-order valence-electron chi connectivity index (χ1n) is 13.6. The highest BCUT2D eigenvalue weighted by atomic mass is 19.1. The summed E-state index contributed by atoms with van der Waals surface area (Å²) < 4.78 is 18.2. The van der Waals surface area contributed by atoms with E-state index in [1.165, 1.54) is 5.56 Å². The summed E-state index contributed by atoms with van der Waals surface area (Å²) in [6.45, 7) is 20.9. The Hall–Kier alpha value is -3.85. The van der Waals surface area contributed by atoms with Crippen molar-refractivity contribution >= 4 is 11.2 Å². The van der Waals surface area contributed by atoms with E-state index in [0.717, 1.165) is 97.5 Å². The van der Waals surface area contributed by atoms with Gasteiger partial charge in [0.2, 0.25) is 0 Å². The lowest BCUT2D eigenvalue weighted by Gasteiger charge is -2.37. The van der Waals surface area contributed by atoms with E-state index in [1.807, 2.05) is 42.8 Å². The standard InChI is InChI=1S/C30H37FN8/c1-7-20(2)26-11-9-25(18-28(26)31)19-36-14-16-37(17-15-36)21(3)8-10-27-22(4)34-38(23(27)5)30-13-12-29-33-32-24(6)39(29)35-30/h9,11-13,18H,2-3,7-8,10,14-17,19H2,1,4-6H3. The Balaban J connectivity index is 1.16. The maximum absolute atomic E-state index is 14.5. The molecule has 1 aliphatic heterocycles. The van der Waals surface area contributed by atoms with E-state index in [9.17, 15) is 4.39 Å². The average molecular weight is 529 g/mol. The number of halogens is 1. The smallest absolute Gasteiger partial charge is 0.178 e. The minimum absolute atomic E-state index is 0.176. The number of fused-ring (bicyclic) bond motifs is 1. The maximum Gasteiger partial charge on any atom is 0.178 e. The molecule has 1 aromatic carbocycles. The van der Waals surface area contributed by atoms with Gasteiger partial charge in [0.15, 0.2) is 17.3 Å². The van der Waals surface area contributed by atoms with Gasteiger partial charge in [-0.25, -0.2) is 9.07 Å². The molecule has 9 heteroatoms. The monoisotopic (exact) mass is 528 g/mol. The number of hydrogen-bond acceptors (Lipinski definition) is 6. The van der Waals surface area contributed by atoms with Crippen molar-refractivity contribution in [1.82, 2.24) is 39.4 Å². The van der Waals surface area contributed by atoms with Gasteiger partial charge in [0.05, 0.1) is 5.69 Å². The molecular formula is C30H37FN8. The number of nitrogens with zero attached hydrogens (tertiary/aromatic N) is 8. The van der Waals surface area contributed by atoms with Crippen molar-refractivity contribution in [3.63, 3.8) is 0 Å². The first-order valence-corrected chi connectivity index (χ1v) is 13.6. The Labute approximate surface area is 229 Å². The average Bonchev–Trinajstić information content (AvgIpc) is 3.45. The highest BCUT2D eigenvalue weighted by Crippen LogP contribution is 2.23. The molecule has 4 heterocycles. The van der Waals surface area contributed by atoms with Gasteiger partial charge in [-0.1, -0.05) is 32.2 Å². The highest BCUT2D eigenvalue weighted by molar-refractivity contribution is 5.63. The van der Waals surface area contributed by atoms with Crippen LogP contribution in [0.5, 0.6) is 0 Å². The number of benzene rings is 1. The van der Waals surface area contributed by atoms with Crippen LogP contribution in [0.1, 0.15) is 53.7 Å². The second kappa shape index (κ2) is 11.1. The third-order valence-electron chi connectivity index (χ3n) is 7.79. The van der Waals surface area contributed by atoms with Crippen molar-refractivity contribution in [2.75, 3.05) is 26.2 Å². The van der Waals surface area contributed by atoms with Gasteiger partial charge in [-0.2, -0.15) is 9.61 Å². The summed E-state index contributed by atoms with van der Waals surface area (Å²) in [6.07, 6.45) is 2.50. The lowest BCUT2D eigenvalue weighted by atomic mass is 10.0. The molecule has 0 radical (unpaired) electrons. The zero-order valence-corrected chi connectivity index (χ0v) is 23.4. The van der Waals surface area contributed by atoms with Crippen LogP contribution in [0, 0.1) is 26.6 Å². The van der Waals surface area contributed by atoms with E-state index in [4.69, 9.17) is 5.10 Å². The summed E-state index contributed by atoms with van der Waals surface area (Å²) in [6, 6.07) is 9.39. The first-order chi connectivity index (χ1) is 18.7. The van der Waals surface area contributed by atoms with E-state index in [1.54, 1.807) is 10.6 Å². The third kappa shape index (κ3) is 5.49. The summed E-state index contributed by atoms with van der Waals surface area (Å²) >= 11 is 0. The van der Waals surface area contributed by atoms with Gasteiger partial charge in [-0.3, -0.25) is 4.90 Å². The molecule has 0 spiro atoms. The number of rotatable bonds is 9. The highest BCUT2D eigenvalue weighted by Gasteiger charge is 2.20. The number of aryl methyl sites for hydroxylation is 2. The Morgan fingerprint density at radius 1 is 0.974 bits per heavy atom. The van der Waals surface area contributed by atoms with E-state index in [-0.39, 0.29) is 5.82 Å². The van der Waals surface area contributed by atoms with Crippen LogP contribution < -0.4 is 0 Å². The van der Waals surface area contributed by atoms with Crippen LogP contribution in [0.3, 0.4) is 0 Å². The second-order valence-corrected chi connectivity index (χ2v) is 10.4. The molecule has 0 amide bonds. The van der Waals surface area contributed by atoms with Gasteiger partial charge < -0.3 is 4.90 Å². The Morgan fingerprint density at radius 3 is 2.46 bits per heavy atom. The van der Waals surface area contributed by atoms with Crippen molar-refractivity contribution in [2.45, 2.75) is 53.5 Å². The van der Waals surface area contributed by atoms with Gasteiger partial charge in [-0.05, 0) is 74.9 Å². The summed E-state index contributed by atoms with van der Waals surface area (Å²) in [5, 5.41) is 17.7. The van der Waals surface area contributed by atoms with Gasteiger partial charge in [-0.15, -0.1) is 15.3 Å². The molecule has 4 aromatic rings. The fourth-order valence-corrected chi connectivity index (χ4v) is 5.30. The molecule has 0 unspecified atom stereocenters. The van der Waals surface area contributed by atoms with E-state index >= 15 is 0 Å². The van der Waals surface area contributed by atoms with Crippen LogP contribution >= 0.6 is 0 Å². The molecule has 204 valence electrons. The molecule has 8 nitrogen and oxygen atoms in total. The number of piperazine rings is 1. The molecule has 0 atom stereocenters. The lowest BCUT2D eigenvalue weighted by molar-refractivity contribution is 0.150. The SMILES string of the molecule is C=C(CC)c1ccc(CN2CCN(C(=C)CCc3c(C)nn(-c4ccc5nnc(C)n5n4)c3C)CC2)cc1F. The van der Waals surface area contributed by atoms with Gasteiger partial charge in [0, 0.05) is 49.7 Å². The zero-order chi connectivity index (χ0) is 27.7. The number of aromatic nitrogens is 6. The molecule has 3 aromatic heterocycles. The van der Waals surface area contributed by atoms with E-state index in [0.29, 0.717) is 5.56 Å². The van der Waals surface area contributed by atoms with Gasteiger partial charge >= 0.3 is 0 Å². The normalized spacial score (nSPS) is 14.3. The van der Waals surface area contributed by atoms with Crippen LogP contribution in [-0.2, 0) is 13.0 Å². The first kappa shape index (κ1) is 26.7. The Bertz CT molecular complexity index is 1520. The quantitative estimate of drug-likeness (QED) is 0.303. The van der Waals surface area contributed by atoms with Crippen LogP contribution in [0.2, 0.25) is 0 Å². The van der Waals surface area contributed by atoms with Crippen LogP contribution in [0.4, 0.5) is 4.39 Å². The summed E-state index contributed by atoms with van der Waals surface area (Å²) in [5.41, 5.74) is 7.66. The maximum atomic E-state index is 14.5. The Morgan fingerprint density at radius 2 is 1.74 bits per heavy atom. The van der Waals surface area contributed by atoms with Crippen LogP contribution in [0.25, 0.3) is 17.0 Å². The molecular weight excluding hydrogens is 491 g/mol. The molecule has 1 fully saturated rings. The summed E-state index contributed by atoms with van der Waals surface area (Å²) in [5.74, 6) is 1.32. The minimum Gasteiger partial charge on any atom is -0.373 e. The molecule has 0 N–H and O–H groups in total. The fourth-order valence-electron chi connectivity index (χ4n) is 5.30. The van der Waals surface area contributed by atoms with Gasteiger partial charge in [0.1, 0.15) is 5.82 Å². The predicted octanol–water partition coefficient (Wildman–Crippen LogP) is 5.06. The number of hydrogen-bond donors (Lipinski definition) is 0. The predicted molar refractivity (Wildman–Crippen MR) is 152 cm³/mol.